The summed E-state index contributed by atoms with van der Waals surface area (Å²) < 4.78 is 14.9. The van der Waals surface area contributed by atoms with Crippen molar-refractivity contribution >= 4 is 28.5 Å². The molecule has 1 fully saturated rings. The lowest BCUT2D eigenvalue weighted by molar-refractivity contribution is -0.140. The van der Waals surface area contributed by atoms with Crippen LogP contribution < -0.4 is 5.32 Å². The zero-order chi connectivity index (χ0) is 23.7. The van der Waals surface area contributed by atoms with E-state index in [-0.39, 0.29) is 30.2 Å². The van der Waals surface area contributed by atoms with Crippen LogP contribution in [0.15, 0.2) is 72.8 Å². The molecule has 1 saturated carbocycles. The van der Waals surface area contributed by atoms with Crippen LogP contribution >= 0.6 is 0 Å². The Morgan fingerprint density at radius 2 is 1.76 bits per heavy atom. The number of hydrogen-bond acceptors (Lipinski definition) is 4. The highest BCUT2D eigenvalue weighted by Gasteiger charge is 2.41. The molecule has 2 amide bonds. The first-order chi connectivity index (χ1) is 16.5. The molecule has 3 aromatic carbocycles. The molecule has 1 aliphatic carbocycles. The van der Waals surface area contributed by atoms with E-state index in [1.807, 2.05) is 55.5 Å². The van der Waals surface area contributed by atoms with Crippen molar-refractivity contribution in [1.29, 1.82) is 0 Å². The van der Waals surface area contributed by atoms with Crippen molar-refractivity contribution in [3.05, 3.63) is 89.7 Å². The van der Waals surface area contributed by atoms with Crippen LogP contribution in [0.1, 0.15) is 30.0 Å². The summed E-state index contributed by atoms with van der Waals surface area (Å²) in [6.07, 6.45) is 1.66. The third kappa shape index (κ3) is 4.52. The first kappa shape index (κ1) is 21.8. The lowest BCUT2D eigenvalue weighted by Crippen LogP contribution is -2.44. The summed E-state index contributed by atoms with van der Waals surface area (Å²) in [5.41, 5.74) is 3.70. The molecule has 1 aromatic heterocycles. The van der Waals surface area contributed by atoms with E-state index in [0.29, 0.717) is 16.8 Å². The Morgan fingerprint density at radius 1 is 1.06 bits per heavy atom. The second-order valence-electron chi connectivity index (χ2n) is 8.58. The number of hydrogen-bond donors (Lipinski definition) is 1. The molecule has 0 radical (unpaired) electrons. The van der Waals surface area contributed by atoms with Gasteiger partial charge in [-0.15, -0.1) is 5.10 Å². The molecular formula is C26H24FN5O2. The number of fused-ring (bicyclic) bond motifs is 1. The fourth-order valence-corrected chi connectivity index (χ4v) is 4.09. The average Bonchev–Trinajstić information content (AvgIpc) is 3.60. The highest BCUT2D eigenvalue weighted by Crippen LogP contribution is 2.36. The molecule has 5 rings (SSSR count). The summed E-state index contributed by atoms with van der Waals surface area (Å²) in [5.74, 6) is -0.944. The van der Waals surface area contributed by atoms with Gasteiger partial charge in [-0.3, -0.25) is 9.59 Å². The number of rotatable bonds is 7. The quantitative estimate of drug-likeness (QED) is 0.450. The highest BCUT2D eigenvalue weighted by atomic mass is 19.1. The van der Waals surface area contributed by atoms with E-state index < -0.39 is 6.04 Å². The number of carbonyl (C=O) groups excluding carboxylic acids is 2. The van der Waals surface area contributed by atoms with E-state index in [1.54, 1.807) is 9.58 Å². The third-order valence-electron chi connectivity index (χ3n) is 5.96. The largest absolute Gasteiger partial charge is 0.324 e. The number of anilines is 1. The van der Waals surface area contributed by atoms with E-state index in [0.717, 1.165) is 23.9 Å². The zero-order valence-electron chi connectivity index (χ0n) is 18.7. The molecule has 0 spiro atoms. The Bertz CT molecular complexity index is 1330. The maximum atomic E-state index is 13.6. The molecule has 1 N–H and O–H groups in total. The summed E-state index contributed by atoms with van der Waals surface area (Å²) in [4.78, 5) is 28.8. The molecule has 4 aromatic rings. The minimum Gasteiger partial charge on any atom is -0.324 e. The van der Waals surface area contributed by atoms with Gasteiger partial charge in [-0.05, 0) is 61.7 Å². The summed E-state index contributed by atoms with van der Waals surface area (Å²) in [7, 11) is 0. The zero-order valence-corrected chi connectivity index (χ0v) is 18.7. The van der Waals surface area contributed by atoms with Crippen molar-refractivity contribution in [2.24, 2.45) is 0 Å². The van der Waals surface area contributed by atoms with Crippen LogP contribution in [0.3, 0.4) is 0 Å². The van der Waals surface area contributed by atoms with Crippen molar-refractivity contribution in [3.8, 4) is 0 Å². The van der Waals surface area contributed by atoms with Gasteiger partial charge in [-0.1, -0.05) is 47.2 Å². The van der Waals surface area contributed by atoms with Gasteiger partial charge in [0.05, 0.1) is 5.52 Å². The number of nitrogens with one attached hydrogen (secondary N) is 1. The molecule has 1 aliphatic rings. The topological polar surface area (TPSA) is 80.1 Å². The van der Waals surface area contributed by atoms with Crippen molar-refractivity contribution in [2.75, 3.05) is 5.32 Å². The van der Waals surface area contributed by atoms with Gasteiger partial charge < -0.3 is 10.2 Å². The van der Waals surface area contributed by atoms with E-state index in [1.165, 1.54) is 24.3 Å². The fraction of sp³-hybridized carbons (Fsp3) is 0.231. The summed E-state index contributed by atoms with van der Waals surface area (Å²) in [6, 6.07) is 19.8. The lowest BCUT2D eigenvalue weighted by atomic mass is 10.0. The van der Waals surface area contributed by atoms with Gasteiger partial charge in [0.2, 0.25) is 5.91 Å². The fourth-order valence-electron chi connectivity index (χ4n) is 4.09. The van der Waals surface area contributed by atoms with Crippen molar-refractivity contribution < 1.29 is 14.0 Å². The monoisotopic (exact) mass is 457 g/mol. The molecule has 1 heterocycles. The van der Waals surface area contributed by atoms with Crippen LogP contribution in [-0.4, -0.2) is 37.7 Å². The summed E-state index contributed by atoms with van der Waals surface area (Å²) in [6.45, 7) is 1.94. The third-order valence-corrected chi connectivity index (χ3v) is 5.96. The first-order valence-electron chi connectivity index (χ1n) is 11.2. The van der Waals surface area contributed by atoms with E-state index in [9.17, 15) is 14.0 Å². The molecule has 1 unspecified atom stereocenters. The maximum absolute atomic E-state index is 13.6. The van der Waals surface area contributed by atoms with Crippen LogP contribution in [0.25, 0.3) is 11.0 Å². The Kier molecular flexibility index (Phi) is 5.79. The van der Waals surface area contributed by atoms with E-state index >= 15 is 0 Å². The molecule has 0 saturated heterocycles. The highest BCUT2D eigenvalue weighted by molar-refractivity contribution is 5.98. The van der Waals surface area contributed by atoms with Crippen LogP contribution in [0, 0.1) is 12.7 Å². The number of nitrogens with zero attached hydrogens (tertiary/aromatic N) is 4. The Hall–Kier alpha value is -4.07. The predicted molar refractivity (Wildman–Crippen MR) is 126 cm³/mol. The molecular weight excluding hydrogens is 433 g/mol. The molecule has 34 heavy (non-hydrogen) atoms. The first-order valence-corrected chi connectivity index (χ1v) is 11.2. The van der Waals surface area contributed by atoms with Gasteiger partial charge in [0, 0.05) is 11.7 Å². The number of para-hydroxylation sites is 1. The minimum atomic E-state index is -0.833. The summed E-state index contributed by atoms with van der Waals surface area (Å²) >= 11 is 0. The number of halogens is 1. The van der Waals surface area contributed by atoms with Gasteiger partial charge in [0.1, 0.15) is 23.9 Å². The number of amides is 2. The van der Waals surface area contributed by atoms with Gasteiger partial charge in [-0.2, -0.15) is 0 Å². The number of aromatic nitrogens is 3. The van der Waals surface area contributed by atoms with E-state index in [2.05, 4.69) is 15.6 Å². The van der Waals surface area contributed by atoms with Crippen LogP contribution in [-0.2, 0) is 16.1 Å². The Balaban J connectivity index is 1.48. The number of aryl methyl sites for hydroxylation is 1. The number of benzene rings is 3. The van der Waals surface area contributed by atoms with Gasteiger partial charge >= 0.3 is 0 Å². The normalized spacial score (nSPS) is 14.1. The standard InChI is InChI=1S/C26H24FN5O2/c1-17-6-8-18(9-7-17)25(26(34)28-20-12-10-19(27)11-13-20)32(21-14-15-21)24(33)16-31-23-5-3-2-4-22(23)29-30-31/h2-13,21,25H,14-16H2,1H3,(H,28,34). The molecule has 8 heteroatoms. The van der Waals surface area contributed by atoms with Crippen molar-refractivity contribution in [1.82, 2.24) is 19.9 Å². The van der Waals surface area contributed by atoms with Gasteiger partial charge in [0.25, 0.3) is 5.91 Å². The van der Waals surface area contributed by atoms with Gasteiger partial charge in [-0.25, -0.2) is 9.07 Å². The second-order valence-corrected chi connectivity index (χ2v) is 8.58. The lowest BCUT2D eigenvalue weighted by Gasteiger charge is -2.31. The smallest absolute Gasteiger partial charge is 0.251 e. The SMILES string of the molecule is Cc1ccc(C(C(=O)Nc2ccc(F)cc2)N(C(=O)Cn2nnc3ccccc32)C2CC2)cc1. The van der Waals surface area contributed by atoms with Crippen molar-refractivity contribution in [2.45, 2.75) is 38.4 Å². The Morgan fingerprint density at radius 3 is 2.47 bits per heavy atom. The Labute approximate surface area is 196 Å². The predicted octanol–water partition coefficient (Wildman–Crippen LogP) is 4.25. The second kappa shape index (κ2) is 9.05. The molecule has 172 valence electrons. The average molecular weight is 458 g/mol. The van der Waals surface area contributed by atoms with Gasteiger partial charge in [0.15, 0.2) is 0 Å². The molecule has 7 nitrogen and oxygen atoms in total. The molecule has 0 aliphatic heterocycles. The van der Waals surface area contributed by atoms with Crippen molar-refractivity contribution in [3.63, 3.8) is 0 Å². The maximum Gasteiger partial charge on any atom is 0.251 e. The minimum absolute atomic E-state index is 0.0246. The van der Waals surface area contributed by atoms with E-state index in [4.69, 9.17) is 0 Å². The molecule has 1 atom stereocenters. The molecule has 0 bridgehead atoms. The van der Waals surface area contributed by atoms with Crippen LogP contribution in [0.2, 0.25) is 0 Å². The summed E-state index contributed by atoms with van der Waals surface area (Å²) in [5, 5.41) is 11.1. The number of carbonyl (C=O) groups is 2. The van der Waals surface area contributed by atoms with Crippen LogP contribution in [0.4, 0.5) is 10.1 Å². The van der Waals surface area contributed by atoms with Crippen LogP contribution in [0.5, 0.6) is 0 Å².